The summed E-state index contributed by atoms with van der Waals surface area (Å²) in [7, 11) is 4.75. The van der Waals surface area contributed by atoms with E-state index in [1.807, 2.05) is 0 Å². The third-order valence-electron chi connectivity index (χ3n) is 3.14. The van der Waals surface area contributed by atoms with Crippen molar-refractivity contribution >= 4 is 0 Å². The van der Waals surface area contributed by atoms with Crippen molar-refractivity contribution in [1.29, 1.82) is 0 Å². The van der Waals surface area contributed by atoms with Crippen LogP contribution in [0.2, 0.25) is 0 Å². The molecule has 1 rings (SSSR count). The second kappa shape index (κ2) is 8.66. The van der Waals surface area contributed by atoms with E-state index in [1.54, 1.807) is 19.2 Å². The highest BCUT2D eigenvalue weighted by atomic mass is 16.5. The zero-order valence-electron chi connectivity index (χ0n) is 12.7. The highest BCUT2D eigenvalue weighted by Gasteiger charge is 2.12. The van der Waals surface area contributed by atoms with Crippen LogP contribution >= 0.6 is 0 Å². The minimum absolute atomic E-state index is 0.0285. The molecule has 1 aromatic rings. The van der Waals surface area contributed by atoms with Gasteiger partial charge in [0.15, 0.2) is 11.5 Å². The molecule has 5 heteroatoms. The predicted molar refractivity (Wildman–Crippen MR) is 78.6 cm³/mol. The van der Waals surface area contributed by atoms with Gasteiger partial charge in [-0.3, -0.25) is 0 Å². The minimum Gasteiger partial charge on any atom is -0.502 e. The molecule has 0 spiro atoms. The number of ether oxygens (including phenoxy) is 3. The standard InChI is InChI=1S/C15H25NO4/c1-5-6-12(10-18-2)16-9-11-7-13(19-3)15(17)14(8-11)20-4/h7-8,12,16-17H,5-6,9-10H2,1-4H3. The van der Waals surface area contributed by atoms with Gasteiger partial charge in [-0.25, -0.2) is 0 Å². The van der Waals surface area contributed by atoms with Gasteiger partial charge in [0, 0.05) is 19.7 Å². The molecular formula is C15H25NO4. The van der Waals surface area contributed by atoms with Crippen molar-refractivity contribution < 1.29 is 19.3 Å². The summed E-state index contributed by atoms with van der Waals surface area (Å²) in [6, 6.07) is 3.93. The quantitative estimate of drug-likeness (QED) is 0.728. The number of phenols is 1. The Morgan fingerprint density at radius 1 is 1.15 bits per heavy atom. The van der Waals surface area contributed by atoms with E-state index < -0.39 is 0 Å². The van der Waals surface area contributed by atoms with Crippen molar-refractivity contribution in [3.05, 3.63) is 17.7 Å². The predicted octanol–water partition coefficient (Wildman–Crippen LogP) is 2.31. The Hall–Kier alpha value is -1.46. The molecule has 1 aromatic carbocycles. The molecule has 0 radical (unpaired) electrons. The van der Waals surface area contributed by atoms with E-state index in [-0.39, 0.29) is 5.75 Å². The van der Waals surface area contributed by atoms with Gasteiger partial charge >= 0.3 is 0 Å². The molecule has 0 heterocycles. The van der Waals surface area contributed by atoms with Crippen molar-refractivity contribution in [3.8, 4) is 17.2 Å². The molecule has 0 amide bonds. The van der Waals surface area contributed by atoms with Crippen LogP contribution in [-0.4, -0.2) is 39.1 Å². The van der Waals surface area contributed by atoms with Gasteiger partial charge in [0.05, 0.1) is 20.8 Å². The summed E-state index contributed by atoms with van der Waals surface area (Å²) >= 11 is 0. The van der Waals surface area contributed by atoms with Crippen molar-refractivity contribution in [2.24, 2.45) is 0 Å². The van der Waals surface area contributed by atoms with E-state index in [4.69, 9.17) is 14.2 Å². The topological polar surface area (TPSA) is 60.0 Å². The van der Waals surface area contributed by atoms with Gasteiger partial charge in [0.25, 0.3) is 0 Å². The number of nitrogens with one attached hydrogen (secondary N) is 1. The Morgan fingerprint density at radius 2 is 1.75 bits per heavy atom. The zero-order chi connectivity index (χ0) is 15.0. The first-order chi connectivity index (χ1) is 9.65. The van der Waals surface area contributed by atoms with Crippen molar-refractivity contribution in [1.82, 2.24) is 5.32 Å². The second-order valence-electron chi connectivity index (χ2n) is 4.67. The monoisotopic (exact) mass is 283 g/mol. The van der Waals surface area contributed by atoms with Crippen LogP contribution < -0.4 is 14.8 Å². The van der Waals surface area contributed by atoms with Crippen LogP contribution in [0.5, 0.6) is 17.2 Å². The summed E-state index contributed by atoms with van der Waals surface area (Å²) in [5, 5.41) is 13.3. The van der Waals surface area contributed by atoms with Gasteiger partial charge in [-0.2, -0.15) is 0 Å². The fourth-order valence-corrected chi connectivity index (χ4v) is 2.11. The molecule has 114 valence electrons. The summed E-state index contributed by atoms with van der Waals surface area (Å²) in [4.78, 5) is 0. The molecule has 1 unspecified atom stereocenters. The normalized spacial score (nSPS) is 12.2. The van der Waals surface area contributed by atoms with E-state index in [2.05, 4.69) is 12.2 Å². The first-order valence-electron chi connectivity index (χ1n) is 6.82. The maximum absolute atomic E-state index is 9.87. The Balaban J connectivity index is 2.76. The lowest BCUT2D eigenvalue weighted by atomic mass is 10.1. The highest BCUT2D eigenvalue weighted by Crippen LogP contribution is 2.37. The fourth-order valence-electron chi connectivity index (χ4n) is 2.11. The molecule has 0 aliphatic rings. The van der Waals surface area contributed by atoms with Gasteiger partial charge < -0.3 is 24.6 Å². The minimum atomic E-state index is 0.0285. The van der Waals surface area contributed by atoms with Crippen molar-refractivity contribution in [2.75, 3.05) is 27.9 Å². The van der Waals surface area contributed by atoms with Crippen LogP contribution in [0.25, 0.3) is 0 Å². The summed E-state index contributed by atoms with van der Waals surface area (Å²) in [6.45, 7) is 3.50. The Morgan fingerprint density at radius 3 is 2.20 bits per heavy atom. The lowest BCUT2D eigenvalue weighted by Gasteiger charge is -2.18. The molecule has 5 nitrogen and oxygen atoms in total. The van der Waals surface area contributed by atoms with E-state index in [0.717, 1.165) is 18.4 Å². The zero-order valence-corrected chi connectivity index (χ0v) is 12.7. The maximum atomic E-state index is 9.87. The molecule has 0 saturated heterocycles. The molecule has 20 heavy (non-hydrogen) atoms. The number of hydrogen-bond donors (Lipinski definition) is 2. The smallest absolute Gasteiger partial charge is 0.200 e. The van der Waals surface area contributed by atoms with E-state index >= 15 is 0 Å². The molecule has 0 saturated carbocycles. The Kier molecular flexibility index (Phi) is 7.18. The first-order valence-corrected chi connectivity index (χ1v) is 6.82. The third-order valence-corrected chi connectivity index (χ3v) is 3.14. The van der Waals surface area contributed by atoms with Crippen LogP contribution in [0.4, 0.5) is 0 Å². The maximum Gasteiger partial charge on any atom is 0.200 e. The number of rotatable bonds is 9. The van der Waals surface area contributed by atoms with Crippen LogP contribution in [0.1, 0.15) is 25.3 Å². The largest absolute Gasteiger partial charge is 0.502 e. The molecule has 0 aliphatic carbocycles. The third kappa shape index (κ3) is 4.58. The van der Waals surface area contributed by atoms with E-state index in [0.29, 0.717) is 30.7 Å². The number of hydrogen-bond acceptors (Lipinski definition) is 5. The molecular weight excluding hydrogens is 258 g/mol. The Bertz CT molecular complexity index is 378. The number of aromatic hydroxyl groups is 1. The summed E-state index contributed by atoms with van der Waals surface area (Å²) in [5.41, 5.74) is 0.994. The van der Waals surface area contributed by atoms with Crippen LogP contribution in [0.15, 0.2) is 12.1 Å². The number of methoxy groups -OCH3 is 3. The molecule has 0 aliphatic heterocycles. The number of phenolic OH excluding ortho intramolecular Hbond substituents is 1. The molecule has 2 N–H and O–H groups in total. The molecule has 1 atom stereocenters. The van der Waals surface area contributed by atoms with Gasteiger partial charge in [0.2, 0.25) is 5.75 Å². The highest BCUT2D eigenvalue weighted by molar-refractivity contribution is 5.52. The summed E-state index contributed by atoms with van der Waals surface area (Å²) < 4.78 is 15.5. The molecule has 0 bridgehead atoms. The first kappa shape index (κ1) is 16.6. The van der Waals surface area contributed by atoms with E-state index in [1.165, 1.54) is 14.2 Å². The van der Waals surface area contributed by atoms with Crippen molar-refractivity contribution in [2.45, 2.75) is 32.4 Å². The lowest BCUT2D eigenvalue weighted by molar-refractivity contribution is 0.161. The average Bonchev–Trinajstić information content (AvgIpc) is 2.46. The Labute approximate surface area is 120 Å². The molecule has 0 fully saturated rings. The van der Waals surface area contributed by atoms with Crippen LogP contribution in [0.3, 0.4) is 0 Å². The van der Waals surface area contributed by atoms with Gasteiger partial charge in [-0.1, -0.05) is 13.3 Å². The SMILES string of the molecule is CCCC(COC)NCc1cc(OC)c(O)c(OC)c1. The summed E-state index contributed by atoms with van der Waals surface area (Å²) in [6.07, 6.45) is 2.16. The fraction of sp³-hybridized carbons (Fsp3) is 0.600. The van der Waals surface area contributed by atoms with Gasteiger partial charge in [-0.15, -0.1) is 0 Å². The average molecular weight is 283 g/mol. The molecule has 0 aromatic heterocycles. The van der Waals surface area contributed by atoms with Crippen molar-refractivity contribution in [3.63, 3.8) is 0 Å². The van der Waals surface area contributed by atoms with Crippen LogP contribution in [0, 0.1) is 0 Å². The van der Waals surface area contributed by atoms with Gasteiger partial charge in [0.1, 0.15) is 0 Å². The van der Waals surface area contributed by atoms with Gasteiger partial charge in [-0.05, 0) is 24.1 Å². The summed E-state index contributed by atoms with van der Waals surface area (Å²) in [5.74, 6) is 0.862. The number of benzene rings is 1. The van der Waals surface area contributed by atoms with Crippen LogP contribution in [-0.2, 0) is 11.3 Å². The lowest BCUT2D eigenvalue weighted by Crippen LogP contribution is -2.32. The van der Waals surface area contributed by atoms with E-state index in [9.17, 15) is 5.11 Å². The second-order valence-corrected chi connectivity index (χ2v) is 4.67.